The Balaban J connectivity index is 2.22. The van der Waals surface area contributed by atoms with Gasteiger partial charge in [-0.15, -0.1) is 0 Å². The Kier molecular flexibility index (Phi) is 4.82. The first-order valence-corrected chi connectivity index (χ1v) is 9.85. The van der Waals surface area contributed by atoms with Crippen molar-refractivity contribution in [1.29, 1.82) is 0 Å². The maximum Gasteiger partial charge on any atom is 0.181 e. The van der Waals surface area contributed by atoms with Gasteiger partial charge in [0.25, 0.3) is 0 Å². The zero-order valence-electron chi connectivity index (χ0n) is 13.9. The molecule has 0 aliphatic carbocycles. The van der Waals surface area contributed by atoms with E-state index < -0.39 is 26.4 Å². The van der Waals surface area contributed by atoms with Crippen LogP contribution in [0.3, 0.4) is 0 Å². The van der Waals surface area contributed by atoms with Crippen LogP contribution in [0.15, 0.2) is 53.7 Å². The van der Waals surface area contributed by atoms with Crippen LogP contribution in [0.2, 0.25) is 5.02 Å². The Bertz CT molecular complexity index is 1090. The van der Waals surface area contributed by atoms with Crippen molar-refractivity contribution < 1.29 is 17.2 Å². The standard InChI is InChI=1S/C19H14ClF2NO2S/c1-11-7-12(3-4-16(11)20)14-5-6-23-10-15(14)13-8-17(21)19(18(22)9-13)26(2,24)25/h3-10H,1-2H3. The number of halogens is 3. The van der Waals surface area contributed by atoms with Crippen LogP contribution in [0.25, 0.3) is 22.3 Å². The molecule has 3 rings (SSSR count). The highest BCUT2D eigenvalue weighted by Crippen LogP contribution is 2.35. The van der Waals surface area contributed by atoms with Gasteiger partial charge in [0.05, 0.1) is 0 Å². The first-order chi connectivity index (χ1) is 12.2. The Morgan fingerprint density at radius 2 is 1.62 bits per heavy atom. The first kappa shape index (κ1) is 18.5. The number of nitrogens with zero attached hydrogens (tertiary/aromatic N) is 1. The van der Waals surface area contributed by atoms with E-state index in [1.54, 1.807) is 24.4 Å². The van der Waals surface area contributed by atoms with Gasteiger partial charge in [-0.25, -0.2) is 17.2 Å². The Morgan fingerprint density at radius 1 is 0.962 bits per heavy atom. The second kappa shape index (κ2) is 6.78. The molecule has 134 valence electrons. The van der Waals surface area contributed by atoms with E-state index in [0.29, 0.717) is 16.1 Å². The number of hydrogen-bond donors (Lipinski definition) is 0. The molecule has 0 atom stereocenters. The average Bonchev–Trinajstić information content (AvgIpc) is 2.55. The molecule has 0 saturated heterocycles. The monoisotopic (exact) mass is 393 g/mol. The van der Waals surface area contributed by atoms with E-state index in [0.717, 1.165) is 29.5 Å². The van der Waals surface area contributed by atoms with Crippen molar-refractivity contribution in [2.75, 3.05) is 6.26 Å². The van der Waals surface area contributed by atoms with Gasteiger partial charge in [-0.05, 0) is 59.5 Å². The quantitative estimate of drug-likeness (QED) is 0.625. The number of aryl methyl sites for hydroxylation is 1. The van der Waals surface area contributed by atoms with Crippen LogP contribution in [0.4, 0.5) is 8.78 Å². The van der Waals surface area contributed by atoms with Crippen LogP contribution in [0.5, 0.6) is 0 Å². The van der Waals surface area contributed by atoms with E-state index in [-0.39, 0.29) is 5.56 Å². The lowest BCUT2D eigenvalue weighted by atomic mass is 9.95. The number of hydrogen-bond acceptors (Lipinski definition) is 3. The largest absolute Gasteiger partial charge is 0.264 e. The van der Waals surface area contributed by atoms with Crippen molar-refractivity contribution in [3.63, 3.8) is 0 Å². The van der Waals surface area contributed by atoms with Gasteiger partial charge in [0.15, 0.2) is 9.84 Å². The summed E-state index contributed by atoms with van der Waals surface area (Å²) >= 11 is 6.06. The van der Waals surface area contributed by atoms with Crippen LogP contribution in [0, 0.1) is 18.6 Å². The smallest absolute Gasteiger partial charge is 0.181 e. The lowest BCUT2D eigenvalue weighted by Crippen LogP contribution is -2.05. The van der Waals surface area contributed by atoms with Crippen molar-refractivity contribution in [2.24, 2.45) is 0 Å². The fourth-order valence-corrected chi connectivity index (χ4v) is 3.70. The summed E-state index contributed by atoms with van der Waals surface area (Å²) < 4.78 is 51.7. The molecule has 0 saturated carbocycles. The Labute approximate surface area is 155 Å². The molecule has 1 heterocycles. The Hall–Kier alpha value is -2.31. The second-order valence-corrected chi connectivity index (χ2v) is 8.29. The van der Waals surface area contributed by atoms with Gasteiger partial charge in [0, 0.05) is 29.2 Å². The highest BCUT2D eigenvalue weighted by molar-refractivity contribution is 7.90. The van der Waals surface area contributed by atoms with Crippen molar-refractivity contribution in [2.45, 2.75) is 11.8 Å². The average molecular weight is 394 g/mol. The number of sulfone groups is 1. The molecule has 7 heteroatoms. The lowest BCUT2D eigenvalue weighted by Gasteiger charge is -2.12. The van der Waals surface area contributed by atoms with E-state index in [4.69, 9.17) is 11.6 Å². The van der Waals surface area contributed by atoms with Crippen molar-refractivity contribution >= 4 is 21.4 Å². The van der Waals surface area contributed by atoms with Crippen molar-refractivity contribution in [3.05, 3.63) is 71.0 Å². The molecule has 0 bridgehead atoms. The number of pyridine rings is 1. The molecule has 0 N–H and O–H groups in total. The molecule has 0 spiro atoms. The third-order valence-electron chi connectivity index (χ3n) is 3.97. The maximum absolute atomic E-state index is 14.3. The topological polar surface area (TPSA) is 47.0 Å². The summed E-state index contributed by atoms with van der Waals surface area (Å²) in [6.07, 6.45) is 3.81. The molecule has 3 aromatic rings. The molecular weight excluding hydrogens is 380 g/mol. The van der Waals surface area contributed by atoms with E-state index in [1.807, 2.05) is 13.0 Å². The highest BCUT2D eigenvalue weighted by Gasteiger charge is 2.22. The summed E-state index contributed by atoms with van der Waals surface area (Å²) in [5, 5.41) is 0.610. The van der Waals surface area contributed by atoms with Gasteiger partial charge in [-0.2, -0.15) is 0 Å². The molecule has 0 unspecified atom stereocenters. The summed E-state index contributed by atoms with van der Waals surface area (Å²) in [5.74, 6) is -2.27. The predicted molar refractivity (Wildman–Crippen MR) is 97.9 cm³/mol. The fourth-order valence-electron chi connectivity index (χ4n) is 2.76. The molecule has 0 aliphatic rings. The first-order valence-electron chi connectivity index (χ1n) is 7.58. The van der Waals surface area contributed by atoms with E-state index in [2.05, 4.69) is 4.98 Å². The SMILES string of the molecule is Cc1cc(-c2ccncc2-c2cc(F)c(S(C)(=O)=O)c(F)c2)ccc1Cl. The zero-order valence-corrected chi connectivity index (χ0v) is 15.5. The summed E-state index contributed by atoms with van der Waals surface area (Å²) in [6.45, 7) is 1.85. The summed E-state index contributed by atoms with van der Waals surface area (Å²) in [7, 11) is -4.02. The molecule has 0 radical (unpaired) electrons. The summed E-state index contributed by atoms with van der Waals surface area (Å²) in [5.41, 5.74) is 3.04. The molecule has 1 aromatic heterocycles. The van der Waals surface area contributed by atoms with Crippen LogP contribution >= 0.6 is 11.6 Å². The van der Waals surface area contributed by atoms with Crippen molar-refractivity contribution in [3.8, 4) is 22.3 Å². The highest BCUT2D eigenvalue weighted by atomic mass is 35.5. The van der Waals surface area contributed by atoms with Gasteiger partial charge < -0.3 is 0 Å². The second-order valence-electron chi connectivity index (χ2n) is 5.93. The van der Waals surface area contributed by atoms with Crippen LogP contribution < -0.4 is 0 Å². The fraction of sp³-hybridized carbons (Fsp3) is 0.105. The minimum absolute atomic E-state index is 0.197. The molecule has 0 amide bonds. The van der Waals surface area contributed by atoms with Crippen LogP contribution in [-0.4, -0.2) is 19.7 Å². The minimum atomic E-state index is -4.02. The normalized spacial score (nSPS) is 11.6. The van der Waals surface area contributed by atoms with Gasteiger partial charge >= 0.3 is 0 Å². The molecular formula is C19H14ClF2NO2S. The molecule has 2 aromatic carbocycles. The third-order valence-corrected chi connectivity index (χ3v) is 5.53. The molecule has 0 fully saturated rings. The number of rotatable bonds is 3. The molecule has 0 aliphatic heterocycles. The third kappa shape index (κ3) is 3.48. The van der Waals surface area contributed by atoms with E-state index in [1.165, 1.54) is 6.20 Å². The summed E-state index contributed by atoms with van der Waals surface area (Å²) in [4.78, 5) is 3.09. The zero-order chi connectivity index (χ0) is 19.1. The van der Waals surface area contributed by atoms with Gasteiger partial charge in [0.1, 0.15) is 16.5 Å². The van der Waals surface area contributed by atoms with Gasteiger partial charge in [0.2, 0.25) is 0 Å². The minimum Gasteiger partial charge on any atom is -0.264 e. The summed E-state index contributed by atoms with van der Waals surface area (Å²) in [6, 6.07) is 9.12. The molecule has 26 heavy (non-hydrogen) atoms. The van der Waals surface area contributed by atoms with Crippen LogP contribution in [0.1, 0.15) is 5.56 Å². The Morgan fingerprint density at radius 3 is 2.19 bits per heavy atom. The van der Waals surface area contributed by atoms with Crippen LogP contribution in [-0.2, 0) is 9.84 Å². The van der Waals surface area contributed by atoms with Crippen molar-refractivity contribution in [1.82, 2.24) is 4.98 Å². The molecule has 3 nitrogen and oxygen atoms in total. The number of benzene rings is 2. The van der Waals surface area contributed by atoms with E-state index in [9.17, 15) is 17.2 Å². The van der Waals surface area contributed by atoms with E-state index >= 15 is 0 Å². The van der Waals surface area contributed by atoms with Gasteiger partial charge in [-0.3, -0.25) is 4.98 Å². The number of aromatic nitrogens is 1. The lowest BCUT2D eigenvalue weighted by molar-refractivity contribution is 0.522. The predicted octanol–water partition coefficient (Wildman–Crippen LogP) is 5.06. The van der Waals surface area contributed by atoms with Gasteiger partial charge in [-0.1, -0.05) is 17.7 Å². The maximum atomic E-state index is 14.3.